The number of nitrogens with two attached hydrogens (primary N) is 1. The van der Waals surface area contributed by atoms with Crippen molar-refractivity contribution in [3.63, 3.8) is 0 Å². The van der Waals surface area contributed by atoms with Crippen LogP contribution >= 0.6 is 27.5 Å². The van der Waals surface area contributed by atoms with E-state index in [-0.39, 0.29) is 34.3 Å². The summed E-state index contributed by atoms with van der Waals surface area (Å²) in [6.45, 7) is 1.95. The lowest BCUT2D eigenvalue weighted by Crippen LogP contribution is -2.30. The van der Waals surface area contributed by atoms with Crippen molar-refractivity contribution in [1.82, 2.24) is 4.72 Å². The number of rotatable bonds is 7. The lowest BCUT2D eigenvalue weighted by Gasteiger charge is -2.15. The van der Waals surface area contributed by atoms with Crippen LogP contribution < -0.4 is 10.5 Å². The van der Waals surface area contributed by atoms with Gasteiger partial charge in [-0.05, 0) is 34.3 Å². The molecule has 0 radical (unpaired) electrons. The lowest BCUT2D eigenvalue weighted by atomic mass is 10.0. The normalized spacial score (nSPS) is 13.4. The van der Waals surface area contributed by atoms with Gasteiger partial charge in [-0.3, -0.25) is 0 Å². The number of anilines is 1. The second kappa shape index (κ2) is 7.73. The van der Waals surface area contributed by atoms with Crippen molar-refractivity contribution in [2.45, 2.75) is 24.7 Å². The molecule has 1 atom stereocenters. The van der Waals surface area contributed by atoms with Crippen molar-refractivity contribution in [1.29, 1.82) is 0 Å². The van der Waals surface area contributed by atoms with Crippen molar-refractivity contribution in [2.75, 3.05) is 18.9 Å². The summed E-state index contributed by atoms with van der Waals surface area (Å²) in [5, 5.41) is 8.90. The molecule has 0 spiro atoms. The first-order valence-corrected chi connectivity index (χ1v) is 8.93. The van der Waals surface area contributed by atoms with Crippen molar-refractivity contribution in [3.05, 3.63) is 21.4 Å². The van der Waals surface area contributed by atoms with Gasteiger partial charge >= 0.3 is 0 Å². The van der Waals surface area contributed by atoms with E-state index in [0.717, 1.165) is 6.07 Å². The second-order valence-electron chi connectivity index (χ2n) is 4.54. The van der Waals surface area contributed by atoms with Crippen LogP contribution in [-0.4, -0.2) is 26.7 Å². The van der Waals surface area contributed by atoms with Gasteiger partial charge < -0.3 is 10.8 Å². The van der Waals surface area contributed by atoms with Crippen molar-refractivity contribution in [2.24, 2.45) is 5.92 Å². The van der Waals surface area contributed by atoms with Crippen LogP contribution in [0.2, 0.25) is 5.02 Å². The van der Waals surface area contributed by atoms with Gasteiger partial charge in [0.05, 0.1) is 15.2 Å². The number of aliphatic hydroxyl groups is 1. The molecule has 0 amide bonds. The van der Waals surface area contributed by atoms with Crippen molar-refractivity contribution >= 4 is 43.2 Å². The topological polar surface area (TPSA) is 92.4 Å². The third-order valence-electron chi connectivity index (χ3n) is 3.12. The molecule has 1 unspecified atom stereocenters. The standard InChI is InChI=1S/C12H17BrClFN2O3S/c1-2-7(3-4-18)6-17-21(19,20)9-5-8(14)10(13)12(16)11(9)15/h5,7,17-18H,2-4,6,16H2,1H3. The first-order chi connectivity index (χ1) is 9.74. The van der Waals surface area contributed by atoms with Crippen molar-refractivity contribution in [3.8, 4) is 0 Å². The Labute approximate surface area is 136 Å². The van der Waals surface area contributed by atoms with Gasteiger partial charge in [-0.25, -0.2) is 17.5 Å². The highest BCUT2D eigenvalue weighted by molar-refractivity contribution is 9.10. The van der Waals surface area contributed by atoms with Crippen LogP contribution in [0.4, 0.5) is 10.1 Å². The largest absolute Gasteiger partial charge is 0.396 e. The highest BCUT2D eigenvalue weighted by atomic mass is 79.9. The molecular weight excluding hydrogens is 387 g/mol. The van der Waals surface area contributed by atoms with Crippen LogP contribution in [0.3, 0.4) is 0 Å². The zero-order chi connectivity index (χ0) is 16.2. The van der Waals surface area contributed by atoms with Crippen LogP contribution in [0.15, 0.2) is 15.4 Å². The molecule has 0 aliphatic carbocycles. The highest BCUT2D eigenvalue weighted by Crippen LogP contribution is 2.34. The number of hydrogen-bond acceptors (Lipinski definition) is 4. The summed E-state index contributed by atoms with van der Waals surface area (Å²) < 4.78 is 40.8. The van der Waals surface area contributed by atoms with Gasteiger partial charge in [0.15, 0.2) is 5.82 Å². The summed E-state index contributed by atoms with van der Waals surface area (Å²) in [5.41, 5.74) is 5.12. The van der Waals surface area contributed by atoms with E-state index in [1.807, 2.05) is 6.92 Å². The molecule has 1 rings (SSSR count). The Hall–Kier alpha value is -0.410. The molecule has 0 bridgehead atoms. The average molecular weight is 404 g/mol. The zero-order valence-electron chi connectivity index (χ0n) is 11.4. The monoisotopic (exact) mass is 402 g/mol. The van der Waals surface area contributed by atoms with Gasteiger partial charge in [-0.15, -0.1) is 0 Å². The summed E-state index contributed by atoms with van der Waals surface area (Å²) >= 11 is 8.80. The third kappa shape index (κ3) is 4.53. The minimum absolute atomic E-state index is 0.0108. The molecule has 0 fully saturated rings. The second-order valence-corrected chi connectivity index (χ2v) is 7.47. The fraction of sp³-hybridized carbons (Fsp3) is 0.500. The summed E-state index contributed by atoms with van der Waals surface area (Å²) in [6.07, 6.45) is 1.15. The molecule has 0 aliphatic heterocycles. The predicted octanol–water partition coefficient (Wildman–Crippen LogP) is 2.51. The van der Waals surface area contributed by atoms with E-state index < -0.39 is 20.7 Å². The molecule has 1 aromatic carbocycles. The highest BCUT2D eigenvalue weighted by Gasteiger charge is 2.24. The van der Waals surface area contributed by atoms with E-state index in [0.29, 0.717) is 12.8 Å². The zero-order valence-corrected chi connectivity index (χ0v) is 14.5. The minimum atomic E-state index is -4.07. The van der Waals surface area contributed by atoms with Gasteiger partial charge in [0.2, 0.25) is 10.0 Å². The van der Waals surface area contributed by atoms with Gasteiger partial charge in [-0.2, -0.15) is 0 Å². The molecular formula is C12H17BrClFN2O3S. The predicted molar refractivity (Wildman–Crippen MR) is 84.2 cm³/mol. The minimum Gasteiger partial charge on any atom is -0.396 e. The molecule has 4 N–H and O–H groups in total. The van der Waals surface area contributed by atoms with Gasteiger partial charge in [0, 0.05) is 13.2 Å². The molecule has 5 nitrogen and oxygen atoms in total. The van der Waals surface area contributed by atoms with E-state index in [4.69, 9.17) is 22.4 Å². The van der Waals surface area contributed by atoms with Crippen molar-refractivity contribution < 1.29 is 17.9 Å². The summed E-state index contributed by atoms with van der Waals surface area (Å²) in [7, 11) is -4.07. The first-order valence-electron chi connectivity index (χ1n) is 6.28. The van der Waals surface area contributed by atoms with Crippen LogP contribution in [0.25, 0.3) is 0 Å². The van der Waals surface area contributed by atoms with Gasteiger partial charge in [0.1, 0.15) is 4.90 Å². The van der Waals surface area contributed by atoms with E-state index in [2.05, 4.69) is 20.7 Å². The number of hydrogen-bond donors (Lipinski definition) is 3. The molecule has 0 saturated carbocycles. The first kappa shape index (κ1) is 18.6. The number of benzene rings is 1. The smallest absolute Gasteiger partial charge is 0.243 e. The number of nitrogens with one attached hydrogen (secondary N) is 1. The Morgan fingerprint density at radius 3 is 2.71 bits per heavy atom. The third-order valence-corrected chi connectivity index (χ3v) is 5.93. The number of aliphatic hydroxyl groups excluding tert-OH is 1. The molecule has 1 aromatic rings. The number of nitrogen functional groups attached to an aromatic ring is 1. The lowest BCUT2D eigenvalue weighted by molar-refractivity contribution is 0.254. The molecule has 9 heteroatoms. The number of halogens is 3. The van der Waals surface area contributed by atoms with Gasteiger partial charge in [0.25, 0.3) is 0 Å². The Kier molecular flexibility index (Phi) is 6.86. The molecule has 0 aliphatic rings. The van der Waals surface area contributed by atoms with E-state index in [1.165, 1.54) is 0 Å². The number of sulfonamides is 1. The summed E-state index contributed by atoms with van der Waals surface area (Å²) in [4.78, 5) is -0.591. The van der Waals surface area contributed by atoms with E-state index in [1.54, 1.807) is 0 Å². The molecule has 120 valence electrons. The quantitative estimate of drug-likeness (QED) is 0.482. The van der Waals surface area contributed by atoms with Gasteiger partial charge in [-0.1, -0.05) is 24.9 Å². The molecule has 0 aromatic heterocycles. The Balaban J connectivity index is 3.04. The molecule has 21 heavy (non-hydrogen) atoms. The Morgan fingerprint density at radius 1 is 1.57 bits per heavy atom. The van der Waals surface area contributed by atoms with Crippen LogP contribution in [0.5, 0.6) is 0 Å². The average Bonchev–Trinajstić information content (AvgIpc) is 2.44. The maximum absolute atomic E-state index is 14.0. The maximum Gasteiger partial charge on any atom is 0.243 e. The summed E-state index contributed by atoms with van der Waals surface area (Å²) in [6, 6.07) is 1.01. The fourth-order valence-electron chi connectivity index (χ4n) is 1.73. The van der Waals surface area contributed by atoms with E-state index in [9.17, 15) is 12.8 Å². The van der Waals surface area contributed by atoms with Crippen LogP contribution in [0, 0.1) is 11.7 Å². The Morgan fingerprint density at radius 2 is 2.19 bits per heavy atom. The SMILES string of the molecule is CCC(CCO)CNS(=O)(=O)c1cc(Cl)c(Br)c(N)c1F. The fourth-order valence-corrected chi connectivity index (χ4v) is 3.53. The van der Waals surface area contributed by atoms with E-state index >= 15 is 0 Å². The van der Waals surface area contributed by atoms with Crippen LogP contribution in [-0.2, 0) is 10.0 Å². The maximum atomic E-state index is 14.0. The molecule has 0 heterocycles. The Bertz CT molecular complexity index is 613. The van der Waals surface area contributed by atoms with Crippen LogP contribution in [0.1, 0.15) is 19.8 Å². The molecule has 0 saturated heterocycles. The summed E-state index contributed by atoms with van der Waals surface area (Å²) in [5.74, 6) is -1.08.